The van der Waals surface area contributed by atoms with E-state index < -0.39 is 14.1 Å². The molecule has 1 aliphatic heterocycles. The minimum atomic E-state index is -1.73. The molecule has 0 spiro atoms. The summed E-state index contributed by atoms with van der Waals surface area (Å²) in [7, 11) is 0.0605. The molecule has 0 aliphatic carbocycles. The van der Waals surface area contributed by atoms with E-state index in [4.69, 9.17) is 18.6 Å². The Morgan fingerprint density at radius 2 is 1.80 bits per heavy atom. The Balaban J connectivity index is 2.96. The van der Waals surface area contributed by atoms with Gasteiger partial charge in [-0.1, -0.05) is 43.6 Å². The largest absolute Gasteiger partial charge is 0.409 e. The van der Waals surface area contributed by atoms with Gasteiger partial charge in [-0.15, -0.1) is 0 Å². The van der Waals surface area contributed by atoms with Crippen molar-refractivity contribution in [2.24, 2.45) is 5.92 Å². The van der Waals surface area contributed by atoms with Crippen molar-refractivity contribution in [3.63, 3.8) is 0 Å². The van der Waals surface area contributed by atoms with Crippen molar-refractivity contribution >= 4 is 24.2 Å². The van der Waals surface area contributed by atoms with Crippen LogP contribution in [0.4, 0.5) is 0 Å². The van der Waals surface area contributed by atoms with Gasteiger partial charge >= 0.3 is 0 Å². The van der Waals surface area contributed by atoms with E-state index in [1.165, 1.54) is 0 Å². The van der Waals surface area contributed by atoms with Gasteiger partial charge in [0.15, 0.2) is 14.1 Å². The highest BCUT2D eigenvalue weighted by Crippen LogP contribution is 2.33. The van der Waals surface area contributed by atoms with Crippen molar-refractivity contribution in [2.75, 3.05) is 19.0 Å². The number of ether oxygens (including phenoxy) is 3. The van der Waals surface area contributed by atoms with Crippen LogP contribution in [-0.2, 0) is 18.6 Å². The molecular weight excluding hydrogens is 400 g/mol. The molecule has 0 bridgehead atoms. The number of methoxy groups -OCH3 is 1. The van der Waals surface area contributed by atoms with E-state index in [1.54, 1.807) is 7.11 Å². The molecule has 0 aromatic rings. The Morgan fingerprint density at radius 1 is 1.20 bits per heavy atom. The number of rotatable bonds is 11. The first-order valence-electron chi connectivity index (χ1n) is 9.84. The van der Waals surface area contributed by atoms with Crippen LogP contribution in [0.5, 0.6) is 0 Å². The predicted molar refractivity (Wildman–Crippen MR) is 110 cm³/mol. The summed E-state index contributed by atoms with van der Waals surface area (Å²) in [5.74, 6) is -0.0143. The normalized spacial score (nSPS) is 26.4. The molecule has 1 aliphatic rings. The maximum Gasteiger partial charge on any atom is 0.192 e. The van der Waals surface area contributed by atoms with E-state index in [1.807, 2.05) is 13.8 Å². The SMILES string of the molecule is CC[Si](CC)(CC)O[C@@H]1COC(C)(C)O[C@@H]1[C@H](C[C@H](C)CCBr)OC. The third-order valence-electron chi connectivity index (χ3n) is 5.62. The van der Waals surface area contributed by atoms with Gasteiger partial charge in [-0.25, -0.2) is 0 Å². The maximum atomic E-state index is 6.76. The van der Waals surface area contributed by atoms with Crippen LogP contribution in [0.25, 0.3) is 0 Å². The molecule has 1 saturated heterocycles. The van der Waals surface area contributed by atoms with Gasteiger partial charge in [-0.05, 0) is 50.7 Å². The molecule has 4 nitrogen and oxygen atoms in total. The number of halogens is 1. The van der Waals surface area contributed by atoms with Gasteiger partial charge in [0.2, 0.25) is 0 Å². The first-order valence-corrected chi connectivity index (χ1v) is 13.5. The van der Waals surface area contributed by atoms with Gasteiger partial charge in [0.25, 0.3) is 0 Å². The van der Waals surface area contributed by atoms with Gasteiger partial charge < -0.3 is 18.6 Å². The van der Waals surface area contributed by atoms with E-state index in [9.17, 15) is 0 Å². The van der Waals surface area contributed by atoms with E-state index in [0.717, 1.165) is 36.3 Å². The Kier molecular flexibility index (Phi) is 10.2. The van der Waals surface area contributed by atoms with Gasteiger partial charge in [-0.3, -0.25) is 0 Å². The summed E-state index contributed by atoms with van der Waals surface area (Å²) in [6, 6.07) is 3.39. The number of hydrogen-bond acceptors (Lipinski definition) is 4. The fourth-order valence-electron chi connectivity index (χ4n) is 3.62. The molecule has 0 saturated carbocycles. The van der Waals surface area contributed by atoms with Crippen LogP contribution >= 0.6 is 15.9 Å². The summed E-state index contributed by atoms with van der Waals surface area (Å²) in [5, 5.41) is 1.02. The molecule has 6 heteroatoms. The van der Waals surface area contributed by atoms with Crippen molar-refractivity contribution in [3.05, 3.63) is 0 Å². The standard InChI is InChI=1S/C19H39BrO4Si/c1-8-25(9-2,10-3)24-17-14-22-19(5,6)23-18(17)16(21-7)13-15(4)11-12-20/h15-18H,8-14H2,1-7H3/t15-,16+,17-,18-/m1/s1. The molecular formula is C19H39BrO4Si. The first kappa shape index (κ1) is 23.6. The highest BCUT2D eigenvalue weighted by molar-refractivity contribution is 9.09. The quantitative estimate of drug-likeness (QED) is 0.321. The average Bonchev–Trinajstić information content (AvgIpc) is 2.59. The molecule has 1 rings (SSSR count). The Bertz CT molecular complexity index is 368. The molecule has 0 aromatic heterocycles. The summed E-state index contributed by atoms with van der Waals surface area (Å²) in [6.07, 6.45) is 2.01. The van der Waals surface area contributed by atoms with E-state index in [2.05, 4.69) is 43.6 Å². The van der Waals surface area contributed by atoms with Crippen molar-refractivity contribution in [2.45, 2.75) is 96.6 Å². The van der Waals surface area contributed by atoms with E-state index in [-0.39, 0.29) is 18.3 Å². The fourth-order valence-corrected chi connectivity index (χ4v) is 7.24. The molecule has 0 N–H and O–H groups in total. The van der Waals surface area contributed by atoms with Crippen LogP contribution in [0.15, 0.2) is 0 Å². The highest BCUT2D eigenvalue weighted by atomic mass is 79.9. The van der Waals surface area contributed by atoms with Crippen molar-refractivity contribution in [1.82, 2.24) is 0 Å². The molecule has 4 atom stereocenters. The lowest BCUT2D eigenvalue weighted by Crippen LogP contribution is -2.58. The van der Waals surface area contributed by atoms with Crippen molar-refractivity contribution < 1.29 is 18.6 Å². The lowest BCUT2D eigenvalue weighted by molar-refractivity contribution is -0.318. The van der Waals surface area contributed by atoms with Crippen LogP contribution in [-0.4, -0.2) is 51.5 Å². The van der Waals surface area contributed by atoms with Crippen LogP contribution in [0.1, 0.15) is 54.4 Å². The lowest BCUT2D eigenvalue weighted by Gasteiger charge is -2.46. The zero-order valence-corrected chi connectivity index (χ0v) is 19.9. The van der Waals surface area contributed by atoms with Crippen LogP contribution in [0.3, 0.4) is 0 Å². The predicted octanol–water partition coefficient (Wildman–Crippen LogP) is 5.35. The molecule has 0 amide bonds. The molecule has 1 fully saturated rings. The number of hydrogen-bond donors (Lipinski definition) is 0. The molecule has 25 heavy (non-hydrogen) atoms. The Hall–Kier alpha value is 0.537. The average molecular weight is 440 g/mol. The zero-order chi connectivity index (χ0) is 19.1. The summed E-state index contributed by atoms with van der Waals surface area (Å²) < 4.78 is 24.9. The van der Waals surface area contributed by atoms with Crippen LogP contribution in [0, 0.1) is 5.92 Å². The van der Waals surface area contributed by atoms with Crippen molar-refractivity contribution in [1.29, 1.82) is 0 Å². The highest BCUT2D eigenvalue weighted by Gasteiger charge is 2.45. The van der Waals surface area contributed by atoms with Crippen LogP contribution in [0.2, 0.25) is 18.1 Å². The molecule has 0 radical (unpaired) electrons. The second-order valence-corrected chi connectivity index (χ2v) is 13.3. The number of alkyl halides is 1. The molecule has 150 valence electrons. The topological polar surface area (TPSA) is 36.9 Å². The summed E-state index contributed by atoms with van der Waals surface area (Å²) in [6.45, 7) is 13.6. The third-order valence-corrected chi connectivity index (χ3v) is 10.7. The first-order chi connectivity index (χ1) is 11.8. The summed E-state index contributed by atoms with van der Waals surface area (Å²) >= 11 is 3.54. The van der Waals surface area contributed by atoms with E-state index >= 15 is 0 Å². The second kappa shape index (κ2) is 10.8. The lowest BCUT2D eigenvalue weighted by atomic mass is 9.94. The fraction of sp³-hybridized carbons (Fsp3) is 1.00. The smallest absolute Gasteiger partial charge is 0.192 e. The summed E-state index contributed by atoms with van der Waals surface area (Å²) in [5.41, 5.74) is 0. The zero-order valence-electron chi connectivity index (χ0n) is 17.3. The Labute approximate surface area is 164 Å². The Morgan fingerprint density at radius 3 is 2.28 bits per heavy atom. The van der Waals surface area contributed by atoms with Gasteiger partial charge in [0.05, 0.1) is 18.8 Å². The molecule has 1 heterocycles. The maximum absolute atomic E-state index is 6.76. The molecule has 0 unspecified atom stereocenters. The second-order valence-electron chi connectivity index (χ2n) is 7.79. The van der Waals surface area contributed by atoms with E-state index in [0.29, 0.717) is 12.5 Å². The monoisotopic (exact) mass is 438 g/mol. The van der Waals surface area contributed by atoms with Gasteiger partial charge in [-0.2, -0.15) is 0 Å². The van der Waals surface area contributed by atoms with Gasteiger partial charge in [0, 0.05) is 12.4 Å². The molecule has 0 aromatic carbocycles. The van der Waals surface area contributed by atoms with Crippen LogP contribution < -0.4 is 0 Å². The van der Waals surface area contributed by atoms with Crippen molar-refractivity contribution in [3.8, 4) is 0 Å². The summed E-state index contributed by atoms with van der Waals surface area (Å²) in [4.78, 5) is 0. The van der Waals surface area contributed by atoms with Gasteiger partial charge in [0.1, 0.15) is 6.10 Å². The minimum absolute atomic E-state index is 0.0273. The third kappa shape index (κ3) is 6.89. The minimum Gasteiger partial charge on any atom is -0.409 e.